The minimum Gasteiger partial charge on any atom is -0.493 e. The van der Waals surface area contributed by atoms with Gasteiger partial charge in [0.2, 0.25) is 0 Å². The second kappa shape index (κ2) is 11.4. The fourth-order valence-electron chi connectivity index (χ4n) is 3.46. The molecular weight excluding hydrogens is 518 g/mol. The first-order chi connectivity index (χ1) is 17.8. The van der Waals surface area contributed by atoms with Crippen molar-refractivity contribution in [1.82, 2.24) is 4.90 Å². The lowest BCUT2D eigenvalue weighted by Crippen LogP contribution is -2.32. The lowest BCUT2D eigenvalue weighted by Gasteiger charge is -2.15. The maximum absolute atomic E-state index is 13.0. The Hall–Kier alpha value is -3.96. The number of rotatable bonds is 10. The first-order valence-corrected chi connectivity index (χ1v) is 13.2. The summed E-state index contributed by atoms with van der Waals surface area (Å²) in [6, 6.07) is 19.4. The first kappa shape index (κ1) is 26.1. The molecule has 192 valence electrons. The number of imide groups is 1. The van der Waals surface area contributed by atoms with E-state index in [0.717, 1.165) is 16.7 Å². The van der Waals surface area contributed by atoms with Crippen molar-refractivity contribution >= 4 is 39.1 Å². The molecule has 1 aliphatic rings. The van der Waals surface area contributed by atoms with Crippen LogP contribution in [-0.2, 0) is 14.9 Å². The molecule has 3 aromatic carbocycles. The Labute approximate surface area is 218 Å². The summed E-state index contributed by atoms with van der Waals surface area (Å²) in [5.41, 5.74) is 0.259. The van der Waals surface area contributed by atoms with Crippen LogP contribution in [0, 0.1) is 0 Å². The fourth-order valence-corrected chi connectivity index (χ4v) is 5.30. The van der Waals surface area contributed by atoms with Crippen molar-refractivity contribution in [1.29, 1.82) is 0 Å². The van der Waals surface area contributed by atoms with Gasteiger partial charge in [-0.3, -0.25) is 14.5 Å². The van der Waals surface area contributed by atoms with E-state index >= 15 is 0 Å². The summed E-state index contributed by atoms with van der Waals surface area (Å²) in [4.78, 5) is 26.7. The van der Waals surface area contributed by atoms with Gasteiger partial charge in [0.25, 0.3) is 11.1 Å². The maximum atomic E-state index is 13.0. The van der Waals surface area contributed by atoms with Crippen molar-refractivity contribution in [3.8, 4) is 23.0 Å². The zero-order chi connectivity index (χ0) is 26.4. The van der Waals surface area contributed by atoms with Gasteiger partial charge >= 0.3 is 10.1 Å². The van der Waals surface area contributed by atoms with Crippen LogP contribution in [0.15, 0.2) is 82.6 Å². The van der Waals surface area contributed by atoms with Gasteiger partial charge in [-0.2, -0.15) is 8.42 Å². The molecule has 1 saturated heterocycles. The van der Waals surface area contributed by atoms with Crippen molar-refractivity contribution in [2.75, 3.05) is 27.4 Å². The summed E-state index contributed by atoms with van der Waals surface area (Å²) in [5, 5.41) is -0.470. The number of methoxy groups -OCH3 is 2. The largest absolute Gasteiger partial charge is 0.493 e. The normalized spacial score (nSPS) is 14.6. The number of para-hydroxylation sites is 3. The molecule has 9 nitrogen and oxygen atoms in total. The maximum Gasteiger partial charge on any atom is 0.339 e. The smallest absolute Gasteiger partial charge is 0.339 e. The molecule has 4 rings (SSSR count). The Kier molecular flexibility index (Phi) is 8.04. The number of amides is 2. The molecule has 0 spiro atoms. The number of hydrogen-bond donors (Lipinski definition) is 0. The number of nitrogens with zero attached hydrogens (tertiary/aromatic N) is 1. The van der Waals surface area contributed by atoms with Crippen LogP contribution in [0.1, 0.15) is 5.56 Å². The minimum absolute atomic E-state index is 0.0178. The third-order valence-corrected chi connectivity index (χ3v) is 7.40. The van der Waals surface area contributed by atoms with Gasteiger partial charge in [-0.05, 0) is 48.2 Å². The van der Waals surface area contributed by atoms with Gasteiger partial charge in [-0.15, -0.1) is 0 Å². The number of ether oxygens (including phenoxy) is 3. The van der Waals surface area contributed by atoms with Gasteiger partial charge in [0.15, 0.2) is 23.0 Å². The molecule has 0 atom stereocenters. The van der Waals surface area contributed by atoms with Crippen LogP contribution in [-0.4, -0.2) is 51.8 Å². The first-order valence-electron chi connectivity index (χ1n) is 11.0. The third-order valence-electron chi connectivity index (χ3n) is 5.26. The lowest BCUT2D eigenvalue weighted by molar-refractivity contribution is -0.123. The highest BCUT2D eigenvalue weighted by Gasteiger charge is 2.35. The monoisotopic (exact) mass is 541 g/mol. The minimum atomic E-state index is -4.19. The Morgan fingerprint density at radius 3 is 2.19 bits per heavy atom. The van der Waals surface area contributed by atoms with E-state index in [-0.39, 0.29) is 40.0 Å². The number of hydrogen-bond acceptors (Lipinski definition) is 9. The van der Waals surface area contributed by atoms with E-state index in [0.29, 0.717) is 11.5 Å². The number of carbonyl (C=O) groups excluding carboxylic acids is 2. The topological polar surface area (TPSA) is 108 Å². The zero-order valence-electron chi connectivity index (χ0n) is 19.9. The van der Waals surface area contributed by atoms with Gasteiger partial charge < -0.3 is 18.4 Å². The lowest BCUT2D eigenvalue weighted by atomic mass is 10.1. The molecule has 0 saturated carbocycles. The van der Waals surface area contributed by atoms with Crippen molar-refractivity contribution < 1.29 is 36.4 Å². The predicted octanol–water partition coefficient (Wildman–Crippen LogP) is 4.59. The number of benzene rings is 3. The van der Waals surface area contributed by atoms with Gasteiger partial charge in [0.05, 0.1) is 25.7 Å². The number of thioether (sulfide) groups is 1. The molecule has 1 aliphatic heterocycles. The summed E-state index contributed by atoms with van der Waals surface area (Å²) in [6.07, 6.45) is 1.41. The summed E-state index contributed by atoms with van der Waals surface area (Å²) < 4.78 is 47.4. The second-order valence-corrected chi connectivity index (χ2v) is 10.1. The summed E-state index contributed by atoms with van der Waals surface area (Å²) in [5.74, 6) is 0.550. The molecule has 11 heteroatoms. The van der Waals surface area contributed by atoms with Crippen LogP contribution in [0.25, 0.3) is 6.08 Å². The van der Waals surface area contributed by atoms with Gasteiger partial charge in [0.1, 0.15) is 11.5 Å². The summed E-state index contributed by atoms with van der Waals surface area (Å²) >= 11 is 0.740. The van der Waals surface area contributed by atoms with E-state index in [1.54, 1.807) is 54.6 Å². The molecule has 1 fully saturated rings. The standard InChI is InChI=1S/C26H23NO8S2/c1-32-20-12-6-7-13-21(20)34-16-15-27-25(28)23(36-26(27)29)17-18-9-8-14-22(33-2)24(18)35-37(30,31)19-10-4-3-5-11-19/h3-14,17H,15-16H2,1-2H3/b23-17-. The quantitative estimate of drug-likeness (QED) is 0.269. The van der Waals surface area contributed by atoms with E-state index in [9.17, 15) is 18.0 Å². The van der Waals surface area contributed by atoms with E-state index in [1.807, 2.05) is 0 Å². The van der Waals surface area contributed by atoms with E-state index in [1.165, 1.54) is 38.5 Å². The molecule has 0 bridgehead atoms. The third kappa shape index (κ3) is 5.89. The molecule has 2 amide bonds. The Balaban J connectivity index is 1.54. The van der Waals surface area contributed by atoms with E-state index in [4.69, 9.17) is 18.4 Å². The van der Waals surface area contributed by atoms with Gasteiger partial charge in [-0.25, -0.2) is 0 Å². The Morgan fingerprint density at radius 2 is 1.49 bits per heavy atom. The van der Waals surface area contributed by atoms with Gasteiger partial charge in [-0.1, -0.05) is 42.5 Å². The molecular formula is C26H23NO8S2. The van der Waals surface area contributed by atoms with E-state index in [2.05, 4.69) is 0 Å². The predicted molar refractivity (Wildman–Crippen MR) is 138 cm³/mol. The van der Waals surface area contributed by atoms with Crippen molar-refractivity contribution in [2.45, 2.75) is 4.90 Å². The van der Waals surface area contributed by atoms with Crippen LogP contribution < -0.4 is 18.4 Å². The van der Waals surface area contributed by atoms with Crippen LogP contribution in [0.2, 0.25) is 0 Å². The highest BCUT2D eigenvalue weighted by Crippen LogP contribution is 2.38. The highest BCUT2D eigenvalue weighted by molar-refractivity contribution is 8.18. The SMILES string of the molecule is COc1ccccc1OCCN1C(=O)S/C(=C\c2cccc(OC)c2OS(=O)(=O)c2ccccc2)C1=O. The average Bonchev–Trinajstić information content (AvgIpc) is 3.17. The van der Waals surface area contributed by atoms with Gasteiger partial charge in [0, 0.05) is 5.56 Å². The number of carbonyl (C=O) groups is 2. The Bertz CT molecular complexity index is 1440. The molecule has 0 N–H and O–H groups in total. The van der Waals surface area contributed by atoms with Crippen molar-refractivity contribution in [3.05, 3.63) is 83.3 Å². The van der Waals surface area contributed by atoms with Crippen molar-refractivity contribution in [2.24, 2.45) is 0 Å². The van der Waals surface area contributed by atoms with Crippen LogP contribution in [0.5, 0.6) is 23.0 Å². The summed E-state index contributed by atoms with van der Waals surface area (Å²) in [7, 11) is -1.30. The molecule has 3 aromatic rings. The molecule has 1 heterocycles. The zero-order valence-corrected chi connectivity index (χ0v) is 21.6. The van der Waals surface area contributed by atoms with Crippen molar-refractivity contribution in [3.63, 3.8) is 0 Å². The fraction of sp³-hybridized carbons (Fsp3) is 0.154. The molecule has 0 aliphatic carbocycles. The Morgan fingerprint density at radius 1 is 0.838 bits per heavy atom. The average molecular weight is 542 g/mol. The molecule has 0 aromatic heterocycles. The second-order valence-electron chi connectivity index (χ2n) is 7.56. The van der Waals surface area contributed by atoms with Crippen LogP contribution in [0.4, 0.5) is 4.79 Å². The summed E-state index contributed by atoms with van der Waals surface area (Å²) in [6.45, 7) is 0.0818. The van der Waals surface area contributed by atoms with Crippen LogP contribution in [0.3, 0.4) is 0 Å². The molecule has 0 radical (unpaired) electrons. The highest BCUT2D eigenvalue weighted by atomic mass is 32.2. The molecule has 0 unspecified atom stereocenters. The van der Waals surface area contributed by atoms with E-state index < -0.39 is 21.3 Å². The molecule has 37 heavy (non-hydrogen) atoms. The van der Waals surface area contributed by atoms with Crippen LogP contribution >= 0.6 is 11.8 Å².